The number of aliphatic hydroxyl groups excluding tert-OH is 1. The Morgan fingerprint density at radius 2 is 1.40 bits per heavy atom. The third-order valence-electron chi connectivity index (χ3n) is 5.03. The van der Waals surface area contributed by atoms with E-state index in [1.807, 2.05) is 0 Å². The summed E-state index contributed by atoms with van der Waals surface area (Å²) in [6.07, 6.45) is 0.604. The molecule has 13 nitrogen and oxygen atoms in total. The van der Waals surface area contributed by atoms with E-state index in [1.165, 1.54) is 0 Å². The number of benzene rings is 1. The maximum Gasteiger partial charge on any atom is 0.326 e. The molecule has 0 heterocycles. The van der Waals surface area contributed by atoms with Crippen LogP contribution in [-0.2, 0) is 30.4 Å². The number of carboxylic acid groups (broad SMARTS) is 2. The number of unbranched alkanes of at least 4 members (excludes halogenated alkanes) is 1. The van der Waals surface area contributed by atoms with Crippen molar-refractivity contribution in [1.82, 2.24) is 16.0 Å². The predicted molar refractivity (Wildman–Crippen MR) is 124 cm³/mol. The number of carbonyl (C=O) groups excluding carboxylic acids is 3. The average Bonchev–Trinajstić information content (AvgIpc) is 2.81. The normalized spacial score (nSPS) is 14.1. The van der Waals surface area contributed by atoms with Gasteiger partial charge in [-0.25, -0.2) is 4.79 Å². The molecule has 1 aromatic rings. The summed E-state index contributed by atoms with van der Waals surface area (Å²) in [6, 6.07) is 2.97. The third-order valence-corrected chi connectivity index (χ3v) is 5.03. The van der Waals surface area contributed by atoms with Gasteiger partial charge in [0, 0.05) is 6.42 Å². The molecule has 13 heteroatoms. The summed E-state index contributed by atoms with van der Waals surface area (Å²) in [6.45, 7) is -0.487. The second-order valence-electron chi connectivity index (χ2n) is 7.88. The summed E-state index contributed by atoms with van der Waals surface area (Å²) in [5, 5.41) is 34.8. The number of amides is 3. The highest BCUT2D eigenvalue weighted by atomic mass is 16.4. The van der Waals surface area contributed by atoms with Crippen LogP contribution in [0.25, 0.3) is 0 Å². The zero-order valence-corrected chi connectivity index (χ0v) is 19.2. The number of carboxylic acids is 2. The smallest absolute Gasteiger partial charge is 0.326 e. The van der Waals surface area contributed by atoms with Gasteiger partial charge in [0.2, 0.25) is 17.7 Å². The quantitative estimate of drug-likeness (QED) is 0.114. The highest BCUT2D eigenvalue weighted by Crippen LogP contribution is 2.05. The summed E-state index contributed by atoms with van der Waals surface area (Å²) in [5.74, 6) is -5.55. The summed E-state index contributed by atoms with van der Waals surface area (Å²) in [5.41, 5.74) is 11.8. The molecule has 194 valence electrons. The van der Waals surface area contributed by atoms with Gasteiger partial charge in [0.05, 0.1) is 19.1 Å². The summed E-state index contributed by atoms with van der Waals surface area (Å²) in [4.78, 5) is 60.2. The predicted octanol–water partition coefficient (Wildman–Crippen LogP) is -2.31. The maximum absolute atomic E-state index is 12.6. The number of carbonyl (C=O) groups is 5. The molecule has 0 aliphatic carbocycles. The van der Waals surface area contributed by atoms with E-state index in [9.17, 15) is 34.2 Å². The molecule has 1 aromatic carbocycles. The van der Waals surface area contributed by atoms with Crippen LogP contribution in [0.1, 0.15) is 31.2 Å². The van der Waals surface area contributed by atoms with Crippen LogP contribution in [0.15, 0.2) is 30.3 Å². The second-order valence-corrected chi connectivity index (χ2v) is 7.88. The zero-order chi connectivity index (χ0) is 26.4. The topological polar surface area (TPSA) is 234 Å². The Morgan fingerprint density at radius 1 is 0.829 bits per heavy atom. The van der Waals surface area contributed by atoms with Gasteiger partial charge in [-0.15, -0.1) is 0 Å². The number of rotatable bonds is 16. The van der Waals surface area contributed by atoms with Gasteiger partial charge in [0.25, 0.3) is 0 Å². The Labute approximate surface area is 202 Å². The Bertz CT molecular complexity index is 867. The van der Waals surface area contributed by atoms with Crippen molar-refractivity contribution in [3.63, 3.8) is 0 Å². The van der Waals surface area contributed by atoms with Crippen molar-refractivity contribution in [2.24, 2.45) is 11.5 Å². The molecule has 0 aliphatic rings. The minimum absolute atomic E-state index is 0.0479. The second kappa shape index (κ2) is 15.4. The minimum Gasteiger partial charge on any atom is -0.481 e. The first-order valence-electron chi connectivity index (χ1n) is 11.0. The van der Waals surface area contributed by atoms with Crippen LogP contribution in [0.2, 0.25) is 0 Å². The maximum atomic E-state index is 12.6. The molecule has 4 unspecified atom stereocenters. The van der Waals surface area contributed by atoms with E-state index in [0.29, 0.717) is 24.9 Å². The first-order chi connectivity index (χ1) is 16.6. The first-order valence-corrected chi connectivity index (χ1v) is 11.0. The molecule has 0 saturated heterocycles. The van der Waals surface area contributed by atoms with Crippen LogP contribution in [-0.4, -0.2) is 82.3 Å². The van der Waals surface area contributed by atoms with E-state index in [0.717, 1.165) is 0 Å². The fraction of sp³-hybridized carbons (Fsp3) is 0.500. The molecule has 10 N–H and O–H groups in total. The Balaban J connectivity index is 2.83. The van der Waals surface area contributed by atoms with Gasteiger partial charge in [0.15, 0.2) is 0 Å². The van der Waals surface area contributed by atoms with Gasteiger partial charge >= 0.3 is 11.9 Å². The fourth-order valence-electron chi connectivity index (χ4n) is 3.09. The monoisotopic (exact) mass is 495 g/mol. The van der Waals surface area contributed by atoms with Crippen molar-refractivity contribution in [2.75, 3.05) is 13.2 Å². The van der Waals surface area contributed by atoms with Crippen molar-refractivity contribution in [1.29, 1.82) is 0 Å². The van der Waals surface area contributed by atoms with E-state index in [4.69, 9.17) is 16.6 Å². The number of nitrogens with two attached hydrogens (primary N) is 2. The van der Waals surface area contributed by atoms with Crippen LogP contribution in [0, 0.1) is 0 Å². The molecule has 0 aromatic heterocycles. The molecule has 0 bridgehead atoms. The number of aliphatic hydroxyl groups is 1. The highest BCUT2D eigenvalue weighted by Gasteiger charge is 2.31. The Kier molecular flexibility index (Phi) is 12.9. The highest BCUT2D eigenvalue weighted by molar-refractivity contribution is 5.95. The van der Waals surface area contributed by atoms with E-state index in [1.54, 1.807) is 30.3 Å². The van der Waals surface area contributed by atoms with Crippen molar-refractivity contribution in [3.8, 4) is 0 Å². The lowest BCUT2D eigenvalue weighted by Gasteiger charge is -2.23. The Hall–Kier alpha value is -3.55. The lowest BCUT2D eigenvalue weighted by molar-refractivity contribution is -0.143. The van der Waals surface area contributed by atoms with Gasteiger partial charge in [-0.2, -0.15) is 0 Å². The first kappa shape index (κ1) is 29.5. The summed E-state index contributed by atoms with van der Waals surface area (Å²) in [7, 11) is 0. The lowest BCUT2D eigenvalue weighted by atomic mass is 10.1. The van der Waals surface area contributed by atoms with Crippen LogP contribution in [0.4, 0.5) is 0 Å². The van der Waals surface area contributed by atoms with E-state index in [-0.39, 0.29) is 12.8 Å². The molecule has 0 spiro atoms. The van der Waals surface area contributed by atoms with Crippen molar-refractivity contribution in [3.05, 3.63) is 35.9 Å². The standard InChI is InChI=1S/C22H33N5O8/c23-9-5-4-8-14(24)19(31)25-15(11-18(29)30)20(32)27-17(12-28)21(33)26-16(22(34)35)10-13-6-2-1-3-7-13/h1-3,6-7,14-17,28H,4-5,8-12,23-24H2,(H,25,31)(H,26,33)(H,27,32)(H,29,30)(H,34,35). The summed E-state index contributed by atoms with van der Waals surface area (Å²) < 4.78 is 0. The molecule has 0 saturated carbocycles. The molecule has 0 aliphatic heterocycles. The van der Waals surface area contributed by atoms with Crippen molar-refractivity contribution < 1.29 is 39.3 Å². The number of hydrogen-bond donors (Lipinski definition) is 8. The minimum atomic E-state index is -1.59. The van der Waals surface area contributed by atoms with Crippen molar-refractivity contribution >= 4 is 29.7 Å². The summed E-state index contributed by atoms with van der Waals surface area (Å²) >= 11 is 0. The molecule has 4 atom stereocenters. The largest absolute Gasteiger partial charge is 0.481 e. The van der Waals surface area contributed by atoms with Gasteiger partial charge in [-0.05, 0) is 24.9 Å². The molecule has 35 heavy (non-hydrogen) atoms. The number of aliphatic carboxylic acids is 2. The van der Waals surface area contributed by atoms with Crippen LogP contribution >= 0.6 is 0 Å². The molecular formula is C22H33N5O8. The lowest BCUT2D eigenvalue weighted by Crippen LogP contribution is -2.58. The zero-order valence-electron chi connectivity index (χ0n) is 19.2. The van der Waals surface area contributed by atoms with E-state index in [2.05, 4.69) is 16.0 Å². The van der Waals surface area contributed by atoms with Gasteiger partial charge in [-0.3, -0.25) is 19.2 Å². The van der Waals surface area contributed by atoms with Crippen LogP contribution in [0.3, 0.4) is 0 Å². The molecule has 0 radical (unpaired) electrons. The molecule has 3 amide bonds. The number of hydrogen-bond acceptors (Lipinski definition) is 8. The van der Waals surface area contributed by atoms with Crippen LogP contribution in [0.5, 0.6) is 0 Å². The SMILES string of the molecule is NCCCCC(N)C(=O)NC(CC(=O)O)C(=O)NC(CO)C(=O)NC(Cc1ccccc1)C(=O)O. The van der Waals surface area contributed by atoms with Gasteiger partial charge in [0.1, 0.15) is 18.1 Å². The van der Waals surface area contributed by atoms with Crippen LogP contribution < -0.4 is 27.4 Å². The molecule has 0 fully saturated rings. The van der Waals surface area contributed by atoms with Gasteiger partial charge < -0.3 is 42.7 Å². The Morgan fingerprint density at radius 3 is 1.94 bits per heavy atom. The molecular weight excluding hydrogens is 462 g/mol. The van der Waals surface area contributed by atoms with E-state index >= 15 is 0 Å². The fourth-order valence-corrected chi connectivity index (χ4v) is 3.09. The number of nitrogens with one attached hydrogen (secondary N) is 3. The third kappa shape index (κ3) is 10.9. The molecule has 1 rings (SSSR count). The average molecular weight is 496 g/mol. The van der Waals surface area contributed by atoms with Crippen molar-refractivity contribution in [2.45, 2.75) is 56.3 Å². The van der Waals surface area contributed by atoms with Gasteiger partial charge in [-0.1, -0.05) is 36.8 Å². The van der Waals surface area contributed by atoms with E-state index < -0.39 is 66.9 Å².